The van der Waals surface area contributed by atoms with Crippen molar-refractivity contribution in [2.75, 3.05) is 13.7 Å². The van der Waals surface area contributed by atoms with Gasteiger partial charge in [0.15, 0.2) is 5.69 Å². The number of benzene rings is 1. The number of carbonyl (C=O) groups is 1. The van der Waals surface area contributed by atoms with Crippen molar-refractivity contribution in [1.82, 2.24) is 4.73 Å². The largest absolute Gasteiger partial charge is 0.461 e. The van der Waals surface area contributed by atoms with Crippen molar-refractivity contribution in [3.63, 3.8) is 0 Å². The van der Waals surface area contributed by atoms with E-state index in [1.54, 1.807) is 6.92 Å². The molecule has 0 bridgehead atoms. The summed E-state index contributed by atoms with van der Waals surface area (Å²) in [7, 11) is 1.37. The van der Waals surface area contributed by atoms with E-state index in [0.717, 1.165) is 21.4 Å². The minimum Gasteiger partial charge on any atom is -0.461 e. The Morgan fingerprint density at radius 2 is 1.61 bits per heavy atom. The molecule has 0 radical (unpaired) electrons. The first kappa shape index (κ1) is 17.8. The van der Waals surface area contributed by atoms with Crippen LogP contribution in [0.15, 0.2) is 71.5 Å². The molecule has 0 spiro atoms. The molecule has 0 aliphatic heterocycles. The Morgan fingerprint density at radius 3 is 2.25 bits per heavy atom. The molecule has 5 nitrogen and oxygen atoms in total. The van der Waals surface area contributed by atoms with Crippen molar-refractivity contribution >= 4 is 16.7 Å². The number of hydrogen-bond donors (Lipinski definition) is 0. The summed E-state index contributed by atoms with van der Waals surface area (Å²) in [6, 6.07) is 21.0. The SMILES string of the molecule is CCOC(=O)c1c(-c2ccccc2)c2cc3cccccc-3c2c(=O)n1OC. The predicted molar refractivity (Wildman–Crippen MR) is 109 cm³/mol. The smallest absolute Gasteiger partial charge is 0.359 e. The van der Waals surface area contributed by atoms with Gasteiger partial charge in [0.05, 0.1) is 12.0 Å². The summed E-state index contributed by atoms with van der Waals surface area (Å²) in [5, 5.41) is 1.22. The molecule has 0 amide bonds. The number of pyridine rings is 1. The summed E-state index contributed by atoms with van der Waals surface area (Å²) in [6.07, 6.45) is 0. The first-order valence-corrected chi connectivity index (χ1v) is 9.04. The average Bonchev–Trinajstić information content (AvgIpc) is 2.91. The Hall–Kier alpha value is -3.60. The van der Waals surface area contributed by atoms with E-state index in [-0.39, 0.29) is 17.9 Å². The van der Waals surface area contributed by atoms with Crippen LogP contribution in [0.1, 0.15) is 17.4 Å². The van der Waals surface area contributed by atoms with Crippen molar-refractivity contribution in [3.8, 4) is 22.3 Å². The summed E-state index contributed by atoms with van der Waals surface area (Å²) in [4.78, 5) is 31.5. The minimum atomic E-state index is -0.599. The van der Waals surface area contributed by atoms with Gasteiger partial charge < -0.3 is 9.57 Å². The van der Waals surface area contributed by atoms with Crippen LogP contribution >= 0.6 is 0 Å². The van der Waals surface area contributed by atoms with Crippen LogP contribution in [0, 0.1) is 0 Å². The Labute approximate surface area is 162 Å². The number of hydrogen-bond acceptors (Lipinski definition) is 4. The Kier molecular flexibility index (Phi) is 4.57. The van der Waals surface area contributed by atoms with E-state index >= 15 is 0 Å². The van der Waals surface area contributed by atoms with Crippen LogP contribution in [0.4, 0.5) is 0 Å². The quantitative estimate of drug-likeness (QED) is 0.507. The Bertz CT molecular complexity index is 1190. The third-order valence-electron chi connectivity index (χ3n) is 4.73. The second-order valence-corrected chi connectivity index (χ2v) is 6.30. The third-order valence-corrected chi connectivity index (χ3v) is 4.73. The molecule has 2 aliphatic carbocycles. The first-order valence-electron chi connectivity index (χ1n) is 9.04. The highest BCUT2D eigenvalue weighted by molar-refractivity contribution is 6.13. The van der Waals surface area contributed by atoms with E-state index in [4.69, 9.17) is 9.57 Å². The summed E-state index contributed by atoms with van der Waals surface area (Å²) in [5.74, 6) is -0.599. The van der Waals surface area contributed by atoms with Gasteiger partial charge >= 0.3 is 5.97 Å². The van der Waals surface area contributed by atoms with Crippen molar-refractivity contribution < 1.29 is 14.4 Å². The molecule has 0 saturated carbocycles. The van der Waals surface area contributed by atoms with Gasteiger partial charge in [-0.3, -0.25) is 4.79 Å². The molecule has 5 heteroatoms. The number of carbonyl (C=O) groups excluding carboxylic acids is 1. The molecule has 2 aliphatic rings. The van der Waals surface area contributed by atoms with E-state index in [1.165, 1.54) is 7.11 Å². The maximum atomic E-state index is 13.3. The van der Waals surface area contributed by atoms with Crippen molar-refractivity contribution in [3.05, 3.63) is 82.8 Å². The summed E-state index contributed by atoms with van der Waals surface area (Å²) in [5.41, 5.74) is 2.85. The van der Waals surface area contributed by atoms with E-state index in [0.29, 0.717) is 16.3 Å². The average molecular weight is 373 g/mol. The highest BCUT2D eigenvalue weighted by atomic mass is 16.7. The molecule has 140 valence electrons. The summed E-state index contributed by atoms with van der Waals surface area (Å²) >= 11 is 0. The number of fused-ring (bicyclic) bond motifs is 3. The zero-order valence-corrected chi connectivity index (χ0v) is 15.6. The standard InChI is InChI=1S/C23H19NO4/c1-3-28-23(26)21-19(15-10-6-4-7-11-15)18-14-16-12-8-5-9-13-17(16)20(18)22(25)24(21)27-2/h4-14H,3H2,1-2H3. The van der Waals surface area contributed by atoms with Gasteiger partial charge in [-0.05, 0) is 35.1 Å². The summed E-state index contributed by atoms with van der Waals surface area (Å²) < 4.78 is 6.28. The molecule has 1 aromatic heterocycles. The molecule has 0 unspecified atom stereocenters. The van der Waals surface area contributed by atoms with Crippen LogP contribution in [0.3, 0.4) is 0 Å². The molecule has 0 fully saturated rings. The molecule has 0 atom stereocenters. The molecule has 28 heavy (non-hydrogen) atoms. The lowest BCUT2D eigenvalue weighted by Gasteiger charge is -2.16. The molecule has 2 aromatic rings. The number of esters is 1. The van der Waals surface area contributed by atoms with Gasteiger partial charge in [0.25, 0.3) is 5.56 Å². The van der Waals surface area contributed by atoms with Gasteiger partial charge in [-0.15, -0.1) is 4.73 Å². The van der Waals surface area contributed by atoms with E-state index < -0.39 is 5.97 Å². The maximum absolute atomic E-state index is 13.3. The van der Waals surface area contributed by atoms with Gasteiger partial charge in [-0.1, -0.05) is 60.7 Å². The van der Waals surface area contributed by atoms with Crippen LogP contribution in [0.2, 0.25) is 0 Å². The van der Waals surface area contributed by atoms with Gasteiger partial charge in [0.1, 0.15) is 7.11 Å². The molecule has 1 aromatic carbocycles. The maximum Gasteiger partial charge on any atom is 0.359 e. The molecule has 0 saturated heterocycles. The van der Waals surface area contributed by atoms with E-state index in [2.05, 4.69) is 0 Å². The Balaban J connectivity index is 2.24. The fourth-order valence-corrected chi connectivity index (χ4v) is 3.60. The minimum absolute atomic E-state index is 0.0905. The molecular weight excluding hydrogens is 354 g/mol. The monoisotopic (exact) mass is 373 g/mol. The second kappa shape index (κ2) is 7.19. The van der Waals surface area contributed by atoms with Crippen molar-refractivity contribution in [2.24, 2.45) is 0 Å². The fraction of sp³-hybridized carbons (Fsp3) is 0.130. The lowest BCUT2D eigenvalue weighted by Crippen LogP contribution is -2.31. The lowest BCUT2D eigenvalue weighted by molar-refractivity contribution is 0.0466. The van der Waals surface area contributed by atoms with Gasteiger partial charge in [-0.2, -0.15) is 0 Å². The van der Waals surface area contributed by atoms with Crippen LogP contribution in [0.5, 0.6) is 0 Å². The second-order valence-electron chi connectivity index (χ2n) is 6.30. The van der Waals surface area contributed by atoms with E-state index in [1.807, 2.05) is 66.7 Å². The molecule has 0 N–H and O–H groups in total. The highest BCUT2D eigenvalue weighted by Crippen LogP contribution is 2.38. The number of aromatic nitrogens is 1. The van der Waals surface area contributed by atoms with Crippen LogP contribution in [-0.2, 0) is 4.74 Å². The number of rotatable bonds is 4. The fourth-order valence-electron chi connectivity index (χ4n) is 3.60. The van der Waals surface area contributed by atoms with Crippen LogP contribution in [-0.4, -0.2) is 24.4 Å². The van der Waals surface area contributed by atoms with Crippen LogP contribution < -0.4 is 10.4 Å². The Morgan fingerprint density at radius 1 is 0.964 bits per heavy atom. The summed E-state index contributed by atoms with van der Waals surface area (Å²) in [6.45, 7) is 1.92. The van der Waals surface area contributed by atoms with Crippen molar-refractivity contribution in [1.29, 1.82) is 0 Å². The van der Waals surface area contributed by atoms with Gasteiger partial charge in [0.2, 0.25) is 0 Å². The predicted octanol–water partition coefficient (Wildman–Crippen LogP) is 4.01. The highest BCUT2D eigenvalue weighted by Gasteiger charge is 2.28. The zero-order chi connectivity index (χ0) is 19.7. The number of ether oxygens (including phenoxy) is 1. The molecular formula is C23H19NO4. The topological polar surface area (TPSA) is 57.5 Å². The first-order chi connectivity index (χ1) is 13.7. The zero-order valence-electron chi connectivity index (χ0n) is 15.6. The molecule has 1 heterocycles. The third kappa shape index (κ3) is 2.72. The molecule has 4 rings (SSSR count). The van der Waals surface area contributed by atoms with Crippen LogP contribution in [0.25, 0.3) is 33.0 Å². The van der Waals surface area contributed by atoms with E-state index in [9.17, 15) is 9.59 Å². The lowest BCUT2D eigenvalue weighted by atomic mass is 9.99. The number of nitrogens with zero attached hydrogens (tertiary/aromatic N) is 1. The van der Waals surface area contributed by atoms with Crippen molar-refractivity contribution in [2.45, 2.75) is 6.92 Å². The normalized spacial score (nSPS) is 10.9. The van der Waals surface area contributed by atoms with Gasteiger partial charge in [0, 0.05) is 5.56 Å². The van der Waals surface area contributed by atoms with Gasteiger partial charge in [-0.25, -0.2) is 4.79 Å².